The van der Waals surface area contributed by atoms with Crippen molar-refractivity contribution in [1.29, 1.82) is 0 Å². The first-order valence-electron chi connectivity index (χ1n) is 10.6. The summed E-state index contributed by atoms with van der Waals surface area (Å²) in [6, 6.07) is 12.3. The molecular weight excluding hydrogens is 440 g/mol. The lowest BCUT2D eigenvalue weighted by Gasteiger charge is -2.20. The molecule has 4 rings (SSSR count). The summed E-state index contributed by atoms with van der Waals surface area (Å²) in [5.74, 6) is 2.03. The maximum atomic E-state index is 13.0. The average Bonchev–Trinajstić information content (AvgIpc) is 3.32. The number of aromatic nitrogens is 1. The Morgan fingerprint density at radius 1 is 1.06 bits per heavy atom. The number of carbonyl (C=O) groups is 1. The van der Waals surface area contributed by atoms with Gasteiger partial charge in [0.1, 0.15) is 17.2 Å². The van der Waals surface area contributed by atoms with Crippen LogP contribution in [0.25, 0.3) is 0 Å². The third-order valence-electron chi connectivity index (χ3n) is 5.62. The van der Waals surface area contributed by atoms with Crippen LogP contribution >= 0.6 is 0 Å². The number of hydrogen-bond acceptors (Lipinski definition) is 8. The number of ether oxygens (including phenoxy) is 5. The molecule has 1 aliphatic heterocycles. The minimum Gasteiger partial charge on any atom is -0.508 e. The highest BCUT2D eigenvalue weighted by Crippen LogP contribution is 2.43. The van der Waals surface area contributed by atoms with E-state index in [4.69, 9.17) is 23.7 Å². The van der Waals surface area contributed by atoms with Crippen LogP contribution in [0.4, 0.5) is 0 Å². The Morgan fingerprint density at radius 3 is 2.47 bits per heavy atom. The van der Waals surface area contributed by atoms with Crippen molar-refractivity contribution in [3.63, 3.8) is 0 Å². The van der Waals surface area contributed by atoms with Crippen molar-refractivity contribution in [3.05, 3.63) is 65.5 Å². The van der Waals surface area contributed by atoms with E-state index in [9.17, 15) is 9.90 Å². The van der Waals surface area contributed by atoms with Crippen molar-refractivity contribution in [2.24, 2.45) is 0 Å². The molecule has 0 saturated heterocycles. The predicted octanol–water partition coefficient (Wildman–Crippen LogP) is 3.38. The summed E-state index contributed by atoms with van der Waals surface area (Å²) in [5, 5.41) is 13.6. The van der Waals surface area contributed by atoms with E-state index in [2.05, 4.69) is 10.3 Å². The van der Waals surface area contributed by atoms with Gasteiger partial charge in [-0.15, -0.1) is 0 Å². The number of pyridine rings is 1. The number of phenolic OH excluding ortho intramolecular Hbond substituents is 1. The first-order chi connectivity index (χ1) is 16.5. The van der Waals surface area contributed by atoms with Crippen LogP contribution in [0.1, 0.15) is 29.2 Å². The van der Waals surface area contributed by atoms with Gasteiger partial charge in [0, 0.05) is 36.2 Å². The molecule has 1 unspecified atom stereocenters. The van der Waals surface area contributed by atoms with E-state index in [0.29, 0.717) is 40.0 Å². The number of phenols is 1. The third-order valence-corrected chi connectivity index (χ3v) is 5.62. The Balaban J connectivity index is 1.58. The molecule has 1 atom stereocenters. The minimum absolute atomic E-state index is 0.0222. The highest BCUT2D eigenvalue weighted by atomic mass is 16.7. The van der Waals surface area contributed by atoms with Crippen LogP contribution in [-0.2, 0) is 11.3 Å². The fraction of sp³-hybridized carbons (Fsp3) is 0.280. The second-order valence-electron chi connectivity index (χ2n) is 7.56. The molecule has 9 heteroatoms. The summed E-state index contributed by atoms with van der Waals surface area (Å²) in [5.41, 5.74) is 1.94. The topological polar surface area (TPSA) is 108 Å². The summed E-state index contributed by atoms with van der Waals surface area (Å²) >= 11 is 0. The minimum atomic E-state index is -0.444. The fourth-order valence-corrected chi connectivity index (χ4v) is 3.89. The summed E-state index contributed by atoms with van der Waals surface area (Å²) in [6.07, 6.45) is 1.67. The van der Waals surface area contributed by atoms with Gasteiger partial charge in [-0.25, -0.2) is 0 Å². The molecule has 2 N–H and O–H groups in total. The highest BCUT2D eigenvalue weighted by Gasteiger charge is 2.26. The Kier molecular flexibility index (Phi) is 6.91. The standard InChI is InChI=1S/C25H26N2O7/c1-30-16-6-4-15(5-7-16)17(18-10-22-23(12-20(18)28)34-14-33-22)11-24(29)27-13-19-25(32-3)21(31-2)8-9-26-19/h4-10,12,17,28H,11,13-14H2,1-3H3,(H,27,29). The summed E-state index contributed by atoms with van der Waals surface area (Å²) < 4.78 is 26.8. The molecule has 0 bridgehead atoms. The number of benzene rings is 2. The number of nitrogens with zero attached hydrogens (tertiary/aromatic N) is 1. The Bertz CT molecular complexity index is 1160. The first kappa shape index (κ1) is 23.0. The van der Waals surface area contributed by atoms with Gasteiger partial charge in [0.05, 0.1) is 27.9 Å². The van der Waals surface area contributed by atoms with Crippen LogP contribution < -0.4 is 29.0 Å². The van der Waals surface area contributed by atoms with Crippen molar-refractivity contribution in [2.75, 3.05) is 28.1 Å². The molecule has 0 aliphatic carbocycles. The summed E-state index contributed by atoms with van der Waals surface area (Å²) in [7, 11) is 4.65. The van der Waals surface area contributed by atoms with Gasteiger partial charge in [-0.2, -0.15) is 0 Å². The highest BCUT2D eigenvalue weighted by molar-refractivity contribution is 5.78. The van der Waals surface area contributed by atoms with Gasteiger partial charge >= 0.3 is 0 Å². The normalized spacial score (nSPS) is 12.7. The molecule has 2 heterocycles. The molecule has 0 radical (unpaired) electrons. The van der Waals surface area contributed by atoms with E-state index in [1.54, 1.807) is 25.4 Å². The number of nitrogens with one attached hydrogen (secondary N) is 1. The zero-order valence-corrected chi connectivity index (χ0v) is 19.2. The molecule has 0 spiro atoms. The largest absolute Gasteiger partial charge is 0.508 e. The van der Waals surface area contributed by atoms with Gasteiger partial charge < -0.3 is 34.1 Å². The van der Waals surface area contributed by atoms with Crippen LogP contribution in [-0.4, -0.2) is 44.1 Å². The van der Waals surface area contributed by atoms with Crippen LogP contribution in [0.2, 0.25) is 0 Å². The zero-order valence-electron chi connectivity index (χ0n) is 19.2. The molecule has 2 aromatic carbocycles. The van der Waals surface area contributed by atoms with Crippen molar-refractivity contribution >= 4 is 5.91 Å². The van der Waals surface area contributed by atoms with Crippen molar-refractivity contribution in [1.82, 2.24) is 10.3 Å². The lowest BCUT2D eigenvalue weighted by Crippen LogP contribution is -2.25. The number of carbonyl (C=O) groups excluding carboxylic acids is 1. The van der Waals surface area contributed by atoms with Crippen LogP contribution in [0.5, 0.6) is 34.5 Å². The lowest BCUT2D eigenvalue weighted by molar-refractivity contribution is -0.121. The van der Waals surface area contributed by atoms with Gasteiger partial charge in [0.2, 0.25) is 12.7 Å². The lowest BCUT2D eigenvalue weighted by atomic mass is 9.87. The molecule has 9 nitrogen and oxygen atoms in total. The second kappa shape index (κ2) is 10.2. The number of hydrogen-bond donors (Lipinski definition) is 2. The van der Waals surface area contributed by atoms with Crippen LogP contribution in [0.15, 0.2) is 48.7 Å². The monoisotopic (exact) mass is 466 g/mol. The van der Waals surface area contributed by atoms with Crippen molar-refractivity contribution in [2.45, 2.75) is 18.9 Å². The Hall–Kier alpha value is -4.14. The molecule has 0 saturated carbocycles. The predicted molar refractivity (Wildman–Crippen MR) is 123 cm³/mol. The maximum absolute atomic E-state index is 13.0. The van der Waals surface area contributed by atoms with Gasteiger partial charge in [-0.1, -0.05) is 12.1 Å². The van der Waals surface area contributed by atoms with Gasteiger partial charge in [0.25, 0.3) is 0 Å². The molecule has 0 fully saturated rings. The number of aromatic hydroxyl groups is 1. The van der Waals surface area contributed by atoms with E-state index in [0.717, 1.165) is 5.56 Å². The molecule has 1 aromatic heterocycles. The maximum Gasteiger partial charge on any atom is 0.231 e. The number of methoxy groups -OCH3 is 3. The Morgan fingerprint density at radius 2 is 1.79 bits per heavy atom. The van der Waals surface area contributed by atoms with Gasteiger partial charge in [-0.05, 0) is 23.8 Å². The summed E-state index contributed by atoms with van der Waals surface area (Å²) in [4.78, 5) is 17.3. The van der Waals surface area contributed by atoms with Gasteiger partial charge in [-0.3, -0.25) is 9.78 Å². The molecular formula is C25H26N2O7. The fourth-order valence-electron chi connectivity index (χ4n) is 3.89. The first-order valence-corrected chi connectivity index (χ1v) is 10.6. The number of fused-ring (bicyclic) bond motifs is 1. The average molecular weight is 466 g/mol. The van der Waals surface area contributed by atoms with E-state index in [1.165, 1.54) is 20.3 Å². The van der Waals surface area contributed by atoms with Crippen molar-refractivity contribution < 1.29 is 33.6 Å². The van der Waals surface area contributed by atoms with E-state index >= 15 is 0 Å². The SMILES string of the molecule is COc1ccc(C(CC(=O)NCc2nccc(OC)c2OC)c2cc3c(cc2O)OCO3)cc1. The number of rotatable bonds is 9. The third kappa shape index (κ3) is 4.78. The number of amides is 1. The van der Waals surface area contributed by atoms with Gasteiger partial charge in [0.15, 0.2) is 23.0 Å². The molecule has 3 aromatic rings. The summed E-state index contributed by atoms with van der Waals surface area (Å²) in [6.45, 7) is 0.239. The zero-order chi connectivity index (χ0) is 24.1. The van der Waals surface area contributed by atoms with Crippen molar-refractivity contribution in [3.8, 4) is 34.5 Å². The smallest absolute Gasteiger partial charge is 0.231 e. The molecule has 1 aliphatic rings. The van der Waals surface area contributed by atoms with Crippen LogP contribution in [0.3, 0.4) is 0 Å². The van der Waals surface area contributed by atoms with E-state index in [1.807, 2.05) is 24.3 Å². The van der Waals surface area contributed by atoms with E-state index < -0.39 is 5.92 Å². The molecule has 1 amide bonds. The quantitative estimate of drug-likeness (QED) is 0.494. The molecule has 178 valence electrons. The molecule has 34 heavy (non-hydrogen) atoms. The Labute approximate surface area is 197 Å². The van der Waals surface area contributed by atoms with E-state index in [-0.39, 0.29) is 31.4 Å². The second-order valence-corrected chi connectivity index (χ2v) is 7.56. The van der Waals surface area contributed by atoms with Crippen LogP contribution in [0, 0.1) is 0 Å².